The van der Waals surface area contributed by atoms with Gasteiger partial charge < -0.3 is 14.2 Å². The summed E-state index contributed by atoms with van der Waals surface area (Å²) in [6.07, 6.45) is 2.57. The number of methoxy groups -OCH3 is 2. The second-order valence-corrected chi connectivity index (χ2v) is 7.44. The standard InChI is InChI=1S/C20H18N2O6S/c1-26-17-8-9-18(27-2)19(11-17)29(24,25)22-15-10-14(12-21-13-15)20(23)28-16-6-4-3-5-7-16/h3-13,22H,1-2H3. The lowest BCUT2D eigenvalue weighted by Gasteiger charge is -2.13. The zero-order chi connectivity index (χ0) is 20.9. The van der Waals surface area contributed by atoms with E-state index in [2.05, 4.69) is 9.71 Å². The van der Waals surface area contributed by atoms with Crippen molar-refractivity contribution in [2.75, 3.05) is 18.9 Å². The van der Waals surface area contributed by atoms with Crippen molar-refractivity contribution in [3.8, 4) is 17.2 Å². The summed E-state index contributed by atoms with van der Waals surface area (Å²) in [6, 6.07) is 14.3. The maximum absolute atomic E-state index is 12.8. The third-order valence-electron chi connectivity index (χ3n) is 3.84. The normalized spacial score (nSPS) is 10.8. The van der Waals surface area contributed by atoms with Crippen LogP contribution in [0, 0.1) is 0 Å². The number of sulfonamides is 1. The summed E-state index contributed by atoms with van der Waals surface area (Å²) in [5.41, 5.74) is 0.184. The number of para-hydroxylation sites is 1. The molecule has 29 heavy (non-hydrogen) atoms. The molecule has 0 amide bonds. The Bertz CT molecular complexity index is 1120. The number of esters is 1. The Morgan fingerprint density at radius 2 is 1.69 bits per heavy atom. The van der Waals surface area contributed by atoms with Crippen molar-refractivity contribution in [1.29, 1.82) is 0 Å². The van der Waals surface area contributed by atoms with Crippen molar-refractivity contribution in [3.63, 3.8) is 0 Å². The smallest absolute Gasteiger partial charge is 0.345 e. The quantitative estimate of drug-likeness (QED) is 0.468. The van der Waals surface area contributed by atoms with E-state index in [1.165, 1.54) is 44.8 Å². The molecule has 0 fully saturated rings. The van der Waals surface area contributed by atoms with Crippen LogP contribution in [0.25, 0.3) is 0 Å². The Balaban J connectivity index is 1.85. The molecule has 9 heteroatoms. The molecule has 0 spiro atoms. The number of benzene rings is 2. The summed E-state index contributed by atoms with van der Waals surface area (Å²) in [4.78, 5) is 16.1. The highest BCUT2D eigenvalue weighted by Crippen LogP contribution is 2.29. The minimum Gasteiger partial charge on any atom is -0.497 e. The Morgan fingerprint density at radius 3 is 2.38 bits per heavy atom. The molecular formula is C20H18N2O6S. The van der Waals surface area contributed by atoms with E-state index in [1.54, 1.807) is 36.4 Å². The number of ether oxygens (including phenoxy) is 3. The lowest BCUT2D eigenvalue weighted by atomic mass is 10.2. The monoisotopic (exact) mass is 414 g/mol. The van der Waals surface area contributed by atoms with Crippen molar-refractivity contribution in [2.45, 2.75) is 4.90 Å². The second-order valence-electron chi connectivity index (χ2n) is 5.79. The SMILES string of the molecule is COc1ccc(OC)c(S(=O)(=O)Nc2cncc(C(=O)Oc3ccccc3)c2)c1. The highest BCUT2D eigenvalue weighted by molar-refractivity contribution is 7.92. The molecule has 1 heterocycles. The number of anilines is 1. The third kappa shape index (κ3) is 4.82. The second kappa shape index (κ2) is 8.61. The van der Waals surface area contributed by atoms with Gasteiger partial charge in [0, 0.05) is 12.3 Å². The first-order valence-electron chi connectivity index (χ1n) is 8.40. The molecule has 0 unspecified atom stereocenters. The highest BCUT2D eigenvalue weighted by Gasteiger charge is 2.21. The van der Waals surface area contributed by atoms with Crippen molar-refractivity contribution < 1.29 is 27.4 Å². The van der Waals surface area contributed by atoms with Crippen LogP contribution in [0.2, 0.25) is 0 Å². The van der Waals surface area contributed by atoms with E-state index in [0.717, 1.165) is 0 Å². The maximum Gasteiger partial charge on any atom is 0.345 e. The molecule has 0 radical (unpaired) electrons. The minimum atomic E-state index is -4.04. The maximum atomic E-state index is 12.8. The first kappa shape index (κ1) is 20.2. The first-order chi connectivity index (χ1) is 13.9. The molecule has 1 aromatic heterocycles. The van der Waals surface area contributed by atoms with Gasteiger partial charge in [-0.05, 0) is 30.3 Å². The summed E-state index contributed by atoms with van der Waals surface area (Å²) < 4.78 is 43.5. The van der Waals surface area contributed by atoms with Crippen molar-refractivity contribution in [1.82, 2.24) is 4.98 Å². The summed E-state index contributed by atoms with van der Waals surface area (Å²) in [5.74, 6) is 0.198. The van der Waals surface area contributed by atoms with Crippen LogP contribution >= 0.6 is 0 Å². The van der Waals surface area contributed by atoms with Gasteiger partial charge in [-0.25, -0.2) is 13.2 Å². The van der Waals surface area contributed by atoms with Gasteiger partial charge in [-0.3, -0.25) is 9.71 Å². The van der Waals surface area contributed by atoms with E-state index in [1.807, 2.05) is 0 Å². The fourth-order valence-electron chi connectivity index (χ4n) is 2.47. The van der Waals surface area contributed by atoms with Gasteiger partial charge in [-0.1, -0.05) is 18.2 Å². The molecule has 150 valence electrons. The van der Waals surface area contributed by atoms with E-state index in [-0.39, 0.29) is 21.9 Å². The van der Waals surface area contributed by atoms with Crippen LogP contribution in [0.3, 0.4) is 0 Å². The zero-order valence-corrected chi connectivity index (χ0v) is 16.5. The van der Waals surface area contributed by atoms with E-state index < -0.39 is 16.0 Å². The third-order valence-corrected chi connectivity index (χ3v) is 5.24. The molecular weight excluding hydrogens is 396 g/mol. The van der Waals surface area contributed by atoms with Gasteiger partial charge in [-0.15, -0.1) is 0 Å². The molecule has 2 aromatic carbocycles. The highest BCUT2D eigenvalue weighted by atomic mass is 32.2. The number of nitrogens with one attached hydrogen (secondary N) is 1. The van der Waals surface area contributed by atoms with Gasteiger partial charge in [0.1, 0.15) is 22.1 Å². The molecule has 0 saturated heterocycles. The van der Waals surface area contributed by atoms with Crippen LogP contribution in [-0.4, -0.2) is 33.6 Å². The lowest BCUT2D eigenvalue weighted by Crippen LogP contribution is -2.15. The number of rotatable bonds is 7. The number of carbonyl (C=O) groups is 1. The minimum absolute atomic E-state index is 0.0895. The number of aromatic nitrogens is 1. The van der Waals surface area contributed by atoms with Gasteiger partial charge in [0.25, 0.3) is 10.0 Å². The van der Waals surface area contributed by atoms with Crippen LogP contribution in [0.1, 0.15) is 10.4 Å². The molecule has 0 aliphatic rings. The van der Waals surface area contributed by atoms with E-state index in [0.29, 0.717) is 11.5 Å². The van der Waals surface area contributed by atoms with Crippen molar-refractivity contribution in [2.24, 2.45) is 0 Å². The summed E-state index contributed by atoms with van der Waals surface area (Å²) in [7, 11) is -1.25. The molecule has 8 nitrogen and oxygen atoms in total. The summed E-state index contributed by atoms with van der Waals surface area (Å²) in [5, 5.41) is 0. The fourth-order valence-corrected chi connectivity index (χ4v) is 3.69. The Kier molecular flexibility index (Phi) is 5.99. The lowest BCUT2D eigenvalue weighted by molar-refractivity contribution is 0.0734. The van der Waals surface area contributed by atoms with Gasteiger partial charge >= 0.3 is 5.97 Å². The number of pyridine rings is 1. The Labute approximate surface area is 168 Å². The average Bonchev–Trinajstić information content (AvgIpc) is 2.73. The van der Waals surface area contributed by atoms with E-state index in [9.17, 15) is 13.2 Å². The molecule has 0 aliphatic heterocycles. The molecule has 0 saturated carbocycles. The van der Waals surface area contributed by atoms with Crippen LogP contribution in [-0.2, 0) is 10.0 Å². The van der Waals surface area contributed by atoms with Gasteiger partial charge in [0.05, 0.1) is 31.7 Å². The molecule has 0 bridgehead atoms. The summed E-state index contributed by atoms with van der Waals surface area (Å²) in [6.45, 7) is 0. The van der Waals surface area contributed by atoms with E-state index >= 15 is 0 Å². The van der Waals surface area contributed by atoms with Crippen molar-refractivity contribution in [3.05, 3.63) is 72.6 Å². The molecule has 3 rings (SSSR count). The average molecular weight is 414 g/mol. The number of nitrogens with zero attached hydrogens (tertiary/aromatic N) is 1. The molecule has 0 atom stereocenters. The number of hydrogen-bond donors (Lipinski definition) is 1. The van der Waals surface area contributed by atoms with Gasteiger partial charge in [0.15, 0.2) is 0 Å². The van der Waals surface area contributed by atoms with Gasteiger partial charge in [-0.2, -0.15) is 0 Å². The molecule has 0 aliphatic carbocycles. The van der Waals surface area contributed by atoms with Gasteiger partial charge in [0.2, 0.25) is 0 Å². The van der Waals surface area contributed by atoms with Crippen LogP contribution in [0.5, 0.6) is 17.2 Å². The zero-order valence-electron chi connectivity index (χ0n) is 15.7. The largest absolute Gasteiger partial charge is 0.497 e. The molecule has 3 aromatic rings. The first-order valence-corrected chi connectivity index (χ1v) is 9.88. The predicted octanol–water partition coefficient (Wildman–Crippen LogP) is 3.12. The number of carbonyl (C=O) groups excluding carboxylic acids is 1. The predicted molar refractivity (Wildman–Crippen MR) is 106 cm³/mol. The Hall–Kier alpha value is -3.59. The van der Waals surface area contributed by atoms with E-state index in [4.69, 9.17) is 14.2 Å². The van der Waals surface area contributed by atoms with Crippen molar-refractivity contribution >= 4 is 21.7 Å². The fraction of sp³-hybridized carbons (Fsp3) is 0.100. The van der Waals surface area contributed by atoms with Crippen LogP contribution in [0.15, 0.2) is 71.9 Å². The molecule has 1 N–H and O–H groups in total. The van der Waals surface area contributed by atoms with Crippen LogP contribution < -0.4 is 18.9 Å². The number of hydrogen-bond acceptors (Lipinski definition) is 7. The Morgan fingerprint density at radius 1 is 0.931 bits per heavy atom. The van der Waals surface area contributed by atoms with Crippen LogP contribution in [0.4, 0.5) is 5.69 Å². The topological polar surface area (TPSA) is 104 Å². The summed E-state index contributed by atoms with van der Waals surface area (Å²) >= 11 is 0.